The van der Waals surface area contributed by atoms with Crippen molar-refractivity contribution in [2.45, 2.75) is 25.3 Å². The summed E-state index contributed by atoms with van der Waals surface area (Å²) >= 11 is 0. The Bertz CT molecular complexity index is 715. The van der Waals surface area contributed by atoms with Gasteiger partial charge in [0.25, 0.3) is 5.91 Å². The third-order valence-corrected chi connectivity index (χ3v) is 4.15. The summed E-state index contributed by atoms with van der Waals surface area (Å²) in [6, 6.07) is 9.34. The number of amides is 2. The van der Waals surface area contributed by atoms with E-state index in [1.54, 1.807) is 23.1 Å². The van der Waals surface area contributed by atoms with Crippen LogP contribution in [0.15, 0.2) is 47.1 Å². The van der Waals surface area contributed by atoms with Crippen LogP contribution in [0.5, 0.6) is 0 Å². The van der Waals surface area contributed by atoms with E-state index in [2.05, 4.69) is 5.32 Å². The SMILES string of the molecule is O=C(NC[C@H](Cc1cccc(F)c1)N1CCCC1=O)c1ccco1. The Hall–Kier alpha value is -2.63. The van der Waals surface area contributed by atoms with Crippen molar-refractivity contribution in [2.75, 3.05) is 13.1 Å². The first kappa shape index (κ1) is 16.2. The van der Waals surface area contributed by atoms with E-state index in [1.165, 1.54) is 18.4 Å². The third kappa shape index (κ3) is 3.82. The molecule has 3 rings (SSSR count). The van der Waals surface area contributed by atoms with Gasteiger partial charge in [-0.3, -0.25) is 9.59 Å². The van der Waals surface area contributed by atoms with E-state index in [0.29, 0.717) is 25.9 Å². The van der Waals surface area contributed by atoms with Crippen LogP contribution < -0.4 is 5.32 Å². The average molecular weight is 330 g/mol. The van der Waals surface area contributed by atoms with Crippen molar-refractivity contribution < 1.29 is 18.4 Å². The van der Waals surface area contributed by atoms with E-state index in [1.807, 2.05) is 6.07 Å². The zero-order chi connectivity index (χ0) is 16.9. The fourth-order valence-corrected chi connectivity index (χ4v) is 2.99. The van der Waals surface area contributed by atoms with Crippen LogP contribution in [0.25, 0.3) is 0 Å². The van der Waals surface area contributed by atoms with Gasteiger partial charge in [0, 0.05) is 19.5 Å². The lowest BCUT2D eigenvalue weighted by Crippen LogP contribution is -2.45. The first-order valence-electron chi connectivity index (χ1n) is 7.99. The molecule has 0 spiro atoms. The minimum absolute atomic E-state index is 0.0728. The number of halogens is 1. The highest BCUT2D eigenvalue weighted by molar-refractivity contribution is 5.91. The molecular formula is C18H19FN2O3. The second-order valence-electron chi connectivity index (χ2n) is 5.87. The Balaban J connectivity index is 1.70. The third-order valence-electron chi connectivity index (χ3n) is 4.15. The van der Waals surface area contributed by atoms with Crippen molar-refractivity contribution >= 4 is 11.8 Å². The molecular weight excluding hydrogens is 311 g/mol. The monoisotopic (exact) mass is 330 g/mol. The number of hydrogen-bond donors (Lipinski definition) is 1. The van der Waals surface area contributed by atoms with Crippen molar-refractivity contribution in [1.82, 2.24) is 10.2 Å². The molecule has 1 N–H and O–H groups in total. The Morgan fingerprint density at radius 3 is 2.88 bits per heavy atom. The van der Waals surface area contributed by atoms with E-state index in [9.17, 15) is 14.0 Å². The maximum Gasteiger partial charge on any atom is 0.287 e. The zero-order valence-electron chi connectivity index (χ0n) is 13.2. The normalized spacial score (nSPS) is 15.5. The fraction of sp³-hybridized carbons (Fsp3) is 0.333. The second kappa shape index (κ2) is 7.29. The molecule has 6 heteroatoms. The Labute approximate surface area is 139 Å². The molecule has 2 heterocycles. The Morgan fingerprint density at radius 2 is 2.21 bits per heavy atom. The highest BCUT2D eigenvalue weighted by atomic mass is 19.1. The molecule has 5 nitrogen and oxygen atoms in total. The van der Waals surface area contributed by atoms with Gasteiger partial charge in [0.2, 0.25) is 5.91 Å². The van der Waals surface area contributed by atoms with Gasteiger partial charge < -0.3 is 14.6 Å². The molecule has 126 valence electrons. The molecule has 1 aliphatic heterocycles. The van der Waals surface area contributed by atoms with Crippen molar-refractivity contribution in [3.8, 4) is 0 Å². The lowest BCUT2D eigenvalue weighted by molar-refractivity contribution is -0.129. The molecule has 1 aliphatic rings. The van der Waals surface area contributed by atoms with Crippen LogP contribution in [0.1, 0.15) is 29.0 Å². The summed E-state index contributed by atoms with van der Waals surface area (Å²) in [6.45, 7) is 0.956. The number of nitrogens with zero attached hydrogens (tertiary/aromatic N) is 1. The minimum Gasteiger partial charge on any atom is -0.459 e. The number of rotatable bonds is 6. The molecule has 2 amide bonds. The molecule has 1 saturated heterocycles. The Morgan fingerprint density at radius 1 is 1.33 bits per heavy atom. The first-order chi connectivity index (χ1) is 11.6. The smallest absolute Gasteiger partial charge is 0.287 e. The molecule has 0 unspecified atom stereocenters. The van der Waals surface area contributed by atoms with Gasteiger partial charge in [-0.1, -0.05) is 12.1 Å². The summed E-state index contributed by atoms with van der Waals surface area (Å²) in [5, 5.41) is 2.80. The van der Waals surface area contributed by atoms with Crippen molar-refractivity contribution in [3.63, 3.8) is 0 Å². The molecule has 2 aromatic rings. The standard InChI is InChI=1S/C18H19FN2O3/c19-14-5-1-4-13(10-14)11-15(21-8-2-7-17(21)22)12-20-18(23)16-6-3-9-24-16/h1,3-6,9-10,15H,2,7-8,11-12H2,(H,20,23)/t15-/m0/s1. The Kier molecular flexibility index (Phi) is 4.93. The summed E-state index contributed by atoms with van der Waals surface area (Å²) < 4.78 is 18.5. The number of hydrogen-bond acceptors (Lipinski definition) is 3. The summed E-state index contributed by atoms with van der Waals surface area (Å²) in [7, 11) is 0. The number of likely N-dealkylation sites (tertiary alicyclic amines) is 1. The van der Waals surface area contributed by atoms with Crippen molar-refractivity contribution in [2.24, 2.45) is 0 Å². The van der Waals surface area contributed by atoms with Gasteiger partial charge in [-0.15, -0.1) is 0 Å². The molecule has 0 aliphatic carbocycles. The van der Waals surface area contributed by atoms with Gasteiger partial charge in [-0.25, -0.2) is 4.39 Å². The van der Waals surface area contributed by atoms with Crippen LogP contribution in [0.2, 0.25) is 0 Å². The molecule has 0 saturated carbocycles. The topological polar surface area (TPSA) is 62.6 Å². The number of carbonyl (C=O) groups is 2. The van der Waals surface area contributed by atoms with E-state index in [4.69, 9.17) is 4.42 Å². The van der Waals surface area contributed by atoms with Crippen LogP contribution >= 0.6 is 0 Å². The second-order valence-corrected chi connectivity index (χ2v) is 5.87. The van der Waals surface area contributed by atoms with Gasteiger partial charge in [0.1, 0.15) is 5.82 Å². The quantitative estimate of drug-likeness (QED) is 0.884. The van der Waals surface area contributed by atoms with Crippen molar-refractivity contribution in [3.05, 3.63) is 59.8 Å². The maximum absolute atomic E-state index is 13.4. The van der Waals surface area contributed by atoms with Crippen LogP contribution in [0.4, 0.5) is 4.39 Å². The molecule has 24 heavy (non-hydrogen) atoms. The molecule has 0 bridgehead atoms. The number of nitrogens with one attached hydrogen (secondary N) is 1. The van der Waals surface area contributed by atoms with Gasteiger partial charge in [-0.05, 0) is 42.7 Å². The summed E-state index contributed by atoms with van der Waals surface area (Å²) in [6.07, 6.45) is 3.25. The zero-order valence-corrected chi connectivity index (χ0v) is 13.2. The van der Waals surface area contributed by atoms with E-state index in [0.717, 1.165) is 12.0 Å². The largest absolute Gasteiger partial charge is 0.459 e. The summed E-state index contributed by atoms with van der Waals surface area (Å²) in [5.41, 5.74) is 0.798. The number of furan rings is 1. The van der Waals surface area contributed by atoms with Gasteiger partial charge >= 0.3 is 0 Å². The predicted molar refractivity (Wildman–Crippen MR) is 85.9 cm³/mol. The van der Waals surface area contributed by atoms with Crippen LogP contribution in [-0.2, 0) is 11.2 Å². The average Bonchev–Trinajstić information content (AvgIpc) is 3.23. The van der Waals surface area contributed by atoms with Gasteiger partial charge in [-0.2, -0.15) is 0 Å². The number of carbonyl (C=O) groups excluding carboxylic acids is 2. The van der Waals surface area contributed by atoms with E-state index in [-0.39, 0.29) is 29.4 Å². The van der Waals surface area contributed by atoms with Crippen LogP contribution in [-0.4, -0.2) is 35.8 Å². The summed E-state index contributed by atoms with van der Waals surface area (Å²) in [4.78, 5) is 25.9. The van der Waals surface area contributed by atoms with E-state index < -0.39 is 0 Å². The maximum atomic E-state index is 13.4. The van der Waals surface area contributed by atoms with Gasteiger partial charge in [0.15, 0.2) is 5.76 Å². The first-order valence-corrected chi connectivity index (χ1v) is 7.99. The summed E-state index contributed by atoms with van der Waals surface area (Å²) in [5.74, 6) is -0.328. The molecule has 1 atom stereocenters. The molecule has 0 radical (unpaired) electrons. The minimum atomic E-state index is -0.323. The molecule has 1 aromatic carbocycles. The molecule has 1 aromatic heterocycles. The lowest BCUT2D eigenvalue weighted by atomic mass is 10.0. The van der Waals surface area contributed by atoms with Crippen LogP contribution in [0.3, 0.4) is 0 Å². The van der Waals surface area contributed by atoms with Crippen molar-refractivity contribution in [1.29, 1.82) is 0 Å². The lowest BCUT2D eigenvalue weighted by Gasteiger charge is -2.28. The highest BCUT2D eigenvalue weighted by Crippen LogP contribution is 2.17. The molecule has 1 fully saturated rings. The number of benzene rings is 1. The van der Waals surface area contributed by atoms with Gasteiger partial charge in [0.05, 0.1) is 12.3 Å². The van der Waals surface area contributed by atoms with E-state index >= 15 is 0 Å². The fourth-order valence-electron chi connectivity index (χ4n) is 2.99. The predicted octanol–water partition coefficient (Wildman–Crippen LogP) is 2.38. The highest BCUT2D eigenvalue weighted by Gasteiger charge is 2.28. The van der Waals surface area contributed by atoms with Crippen LogP contribution in [0, 0.1) is 5.82 Å².